The van der Waals surface area contributed by atoms with Crippen LogP contribution in [-0.2, 0) is 42.8 Å². The summed E-state index contributed by atoms with van der Waals surface area (Å²) in [5.74, 6) is -4.23. The van der Waals surface area contributed by atoms with E-state index in [9.17, 15) is 29.7 Å². The molecule has 54 heavy (non-hydrogen) atoms. The van der Waals surface area contributed by atoms with Crippen LogP contribution in [-0.4, -0.2) is 127 Å². The fraction of sp³-hybridized carbons (Fsp3) is 0.676. The highest BCUT2D eigenvalue weighted by molar-refractivity contribution is 5.91. The number of guanidine groups is 1. The van der Waals surface area contributed by atoms with Crippen molar-refractivity contribution in [3.8, 4) is 0 Å². The second-order valence-electron chi connectivity index (χ2n) is 14.4. The van der Waals surface area contributed by atoms with Crippen LogP contribution < -0.4 is 22.1 Å². The summed E-state index contributed by atoms with van der Waals surface area (Å²) in [7, 11) is 2.92. The van der Waals surface area contributed by atoms with Crippen LogP contribution in [0.2, 0.25) is 0 Å². The Hall–Kier alpha value is -3.68. The number of methoxy groups -OCH3 is 2. The van der Waals surface area contributed by atoms with Crippen molar-refractivity contribution >= 4 is 23.7 Å². The van der Waals surface area contributed by atoms with Gasteiger partial charge in [-0.25, -0.2) is 4.79 Å². The third kappa shape index (κ3) is 11.7. The normalized spacial score (nSPS) is 31.5. The van der Waals surface area contributed by atoms with E-state index in [0.29, 0.717) is 12.8 Å². The van der Waals surface area contributed by atoms with Gasteiger partial charge >= 0.3 is 5.97 Å². The molecule has 9 N–H and O–H groups in total. The number of aliphatic carboxylic acids is 1. The molecule has 17 nitrogen and oxygen atoms in total. The molecule has 0 radical (unpaired) electrons. The van der Waals surface area contributed by atoms with Gasteiger partial charge in [-0.3, -0.25) is 14.6 Å². The number of allylic oxidation sites excluding steroid dienone is 4. The van der Waals surface area contributed by atoms with E-state index in [4.69, 9.17) is 39.9 Å². The van der Waals surface area contributed by atoms with E-state index in [-0.39, 0.29) is 50.6 Å². The number of aliphatic hydroxyl groups is 2. The molecule has 0 aliphatic carbocycles. The van der Waals surface area contributed by atoms with E-state index in [0.717, 1.165) is 5.57 Å². The van der Waals surface area contributed by atoms with Gasteiger partial charge in [0.1, 0.15) is 25.0 Å². The van der Waals surface area contributed by atoms with Crippen molar-refractivity contribution in [2.45, 2.75) is 121 Å². The van der Waals surface area contributed by atoms with Gasteiger partial charge in [-0.1, -0.05) is 63.3 Å². The first-order valence-electron chi connectivity index (χ1n) is 18.0. The molecular weight excluding hydrogens is 706 g/mol. The van der Waals surface area contributed by atoms with Gasteiger partial charge in [-0.15, -0.1) is 0 Å². The summed E-state index contributed by atoms with van der Waals surface area (Å²) in [5.41, 5.74) is 10.7. The van der Waals surface area contributed by atoms with Crippen LogP contribution in [0.4, 0.5) is 0 Å². The largest absolute Gasteiger partial charge is 0.480 e. The molecule has 0 bridgehead atoms. The molecule has 17 heteroatoms. The quantitative estimate of drug-likeness (QED) is 0.0254. The van der Waals surface area contributed by atoms with Crippen molar-refractivity contribution in [1.82, 2.24) is 10.6 Å². The van der Waals surface area contributed by atoms with Crippen molar-refractivity contribution in [2.75, 3.05) is 27.6 Å². The predicted octanol–water partition coefficient (Wildman–Crippen LogP) is 0.748. The first-order chi connectivity index (χ1) is 25.5. The van der Waals surface area contributed by atoms with E-state index < -0.39 is 77.9 Å². The number of hydrogen-bond acceptors (Lipinski definition) is 12. The summed E-state index contributed by atoms with van der Waals surface area (Å²) in [5, 5.41) is 36.7. The Bertz CT molecular complexity index is 1420. The number of aliphatic hydroxyl groups excluding tert-OH is 2. The standard InChI is InChI=1S/C37H59N5O12/c1-21-19-37(50-7,54-23(3)22(21)2)30(45)32(46)42-33-29-28(51-20-52-33)31(49-6)36(4,5)26(53-29)18-24(43)14-11-9-8-10-12-16-27(44)41-25(34(47)48)15-13-17-40-35(38)39/h8,10-12,14,16,22-26,28-31,33,43,45H,1,9,13,15,17-20H2,2-7H3,(H,41,44)(H,42,46)(H,47,48)(H4,38,39,40). The second-order valence-corrected chi connectivity index (χ2v) is 14.4. The number of carboxylic acid groups (broad SMARTS) is 1. The van der Waals surface area contributed by atoms with Crippen molar-refractivity contribution < 1.29 is 58.1 Å². The molecule has 3 rings (SSSR count). The summed E-state index contributed by atoms with van der Waals surface area (Å²) in [6.07, 6.45) is 4.15. The molecule has 0 aromatic carbocycles. The lowest BCUT2D eigenvalue weighted by Crippen LogP contribution is -2.69. The van der Waals surface area contributed by atoms with E-state index in [1.165, 1.54) is 19.3 Å². The molecule has 11 unspecified atom stereocenters. The molecule has 3 aliphatic heterocycles. The Kier molecular flexibility index (Phi) is 16.8. The molecule has 0 spiro atoms. The number of hydrogen-bond donors (Lipinski definition) is 7. The lowest BCUT2D eigenvalue weighted by molar-refractivity contribution is -0.332. The van der Waals surface area contributed by atoms with Gasteiger partial charge in [0.25, 0.3) is 5.91 Å². The van der Waals surface area contributed by atoms with E-state index in [1.54, 1.807) is 31.4 Å². The van der Waals surface area contributed by atoms with Gasteiger partial charge < -0.3 is 65.8 Å². The Morgan fingerprint density at radius 3 is 2.46 bits per heavy atom. The minimum absolute atomic E-state index is 0.0105. The summed E-state index contributed by atoms with van der Waals surface area (Å²) in [6.45, 7) is 11.9. The van der Waals surface area contributed by atoms with Crippen molar-refractivity contribution in [2.24, 2.45) is 27.8 Å². The summed E-state index contributed by atoms with van der Waals surface area (Å²) in [4.78, 5) is 40.9. The van der Waals surface area contributed by atoms with Crippen LogP contribution in [0.3, 0.4) is 0 Å². The molecule has 3 saturated heterocycles. The number of amides is 2. The number of carbonyl (C=O) groups excluding carboxylic acids is 2. The number of nitrogens with one attached hydrogen (secondary N) is 2. The SMILES string of the molecule is C=C1CC(OC)(C(O)C(=O)NC2OCOC3C2OC(CC(O)C=CCC=CC=CC(=O)NC(CCCN=C(N)N)C(=O)O)C(C)(C)C3OC)OC(C)C1C. The predicted molar refractivity (Wildman–Crippen MR) is 197 cm³/mol. The molecule has 0 aromatic rings. The molecule has 3 heterocycles. The zero-order valence-electron chi connectivity index (χ0n) is 32.0. The van der Waals surface area contributed by atoms with Crippen molar-refractivity contribution in [3.63, 3.8) is 0 Å². The second kappa shape index (κ2) is 20.3. The zero-order valence-corrected chi connectivity index (χ0v) is 32.0. The summed E-state index contributed by atoms with van der Waals surface area (Å²) < 4.78 is 35.7. The molecular formula is C37H59N5O12. The zero-order chi connectivity index (χ0) is 40.2. The number of carboxylic acids is 1. The van der Waals surface area contributed by atoms with Crippen molar-refractivity contribution in [3.05, 3.63) is 48.6 Å². The summed E-state index contributed by atoms with van der Waals surface area (Å²) in [6, 6.07) is -1.08. The first kappa shape index (κ1) is 44.7. The van der Waals surface area contributed by atoms with Crippen LogP contribution in [0, 0.1) is 11.3 Å². The molecule has 2 amide bonds. The van der Waals surface area contributed by atoms with Gasteiger partial charge in [-0.05, 0) is 26.2 Å². The maximum absolute atomic E-state index is 13.5. The maximum Gasteiger partial charge on any atom is 0.326 e. The number of aliphatic imine (C=N–C) groups is 1. The molecule has 11 atom stereocenters. The minimum atomic E-state index is -1.72. The maximum atomic E-state index is 13.5. The third-order valence-corrected chi connectivity index (χ3v) is 10.2. The molecule has 0 saturated carbocycles. The van der Waals surface area contributed by atoms with Crippen LogP contribution >= 0.6 is 0 Å². The first-order valence-corrected chi connectivity index (χ1v) is 18.0. The topological polar surface area (TPSA) is 256 Å². The van der Waals surface area contributed by atoms with Gasteiger partial charge in [0.15, 0.2) is 18.3 Å². The highest BCUT2D eigenvalue weighted by atomic mass is 16.7. The average Bonchev–Trinajstić information content (AvgIpc) is 3.11. The lowest BCUT2D eigenvalue weighted by atomic mass is 9.72. The Morgan fingerprint density at radius 2 is 1.83 bits per heavy atom. The highest BCUT2D eigenvalue weighted by Crippen LogP contribution is 2.44. The van der Waals surface area contributed by atoms with Crippen LogP contribution in [0.15, 0.2) is 53.6 Å². The van der Waals surface area contributed by atoms with Crippen LogP contribution in [0.5, 0.6) is 0 Å². The molecule has 3 fully saturated rings. The Morgan fingerprint density at radius 1 is 1.11 bits per heavy atom. The number of rotatable bonds is 18. The number of nitrogens with zero attached hydrogens (tertiary/aromatic N) is 1. The number of carbonyl (C=O) groups is 3. The van der Waals surface area contributed by atoms with E-state index in [1.807, 2.05) is 27.7 Å². The fourth-order valence-electron chi connectivity index (χ4n) is 6.83. The highest BCUT2D eigenvalue weighted by Gasteiger charge is 2.57. The van der Waals surface area contributed by atoms with E-state index in [2.05, 4.69) is 22.2 Å². The monoisotopic (exact) mass is 765 g/mol. The fourth-order valence-corrected chi connectivity index (χ4v) is 6.83. The lowest BCUT2D eigenvalue weighted by Gasteiger charge is -2.54. The molecule has 3 aliphatic rings. The van der Waals surface area contributed by atoms with Gasteiger partial charge in [0.05, 0.1) is 24.4 Å². The average molecular weight is 766 g/mol. The number of nitrogens with two attached hydrogens (primary N) is 2. The van der Waals surface area contributed by atoms with Crippen LogP contribution in [0.25, 0.3) is 0 Å². The Labute approximate surface area is 316 Å². The summed E-state index contributed by atoms with van der Waals surface area (Å²) >= 11 is 0. The number of ether oxygens (including phenoxy) is 6. The van der Waals surface area contributed by atoms with Gasteiger partial charge in [0, 0.05) is 51.0 Å². The van der Waals surface area contributed by atoms with Gasteiger partial charge in [0.2, 0.25) is 11.7 Å². The Balaban J connectivity index is 1.58. The third-order valence-electron chi connectivity index (χ3n) is 10.2. The smallest absolute Gasteiger partial charge is 0.326 e. The van der Waals surface area contributed by atoms with Crippen LogP contribution in [0.1, 0.15) is 59.8 Å². The minimum Gasteiger partial charge on any atom is -0.480 e. The van der Waals surface area contributed by atoms with Crippen molar-refractivity contribution in [1.29, 1.82) is 0 Å². The van der Waals surface area contributed by atoms with Gasteiger partial charge in [-0.2, -0.15) is 0 Å². The molecule has 304 valence electrons. The molecule has 0 aromatic heterocycles. The van der Waals surface area contributed by atoms with E-state index >= 15 is 0 Å². The number of fused-ring (bicyclic) bond motifs is 1.